The van der Waals surface area contributed by atoms with Crippen LogP contribution in [0.2, 0.25) is 0 Å². The van der Waals surface area contributed by atoms with Gasteiger partial charge < -0.3 is 10.4 Å². The molecule has 1 fully saturated rings. The second kappa shape index (κ2) is 7.65. The standard InChI is InChI=1S/C14H29NOS/c1-12(2)6-9-17-10-7-13-5-4-8-14(13,11-16)15-3/h12-13,15-16H,4-11H2,1-3H3. The smallest absolute Gasteiger partial charge is 0.0615 e. The van der Waals surface area contributed by atoms with Crippen LogP contribution < -0.4 is 5.32 Å². The summed E-state index contributed by atoms with van der Waals surface area (Å²) in [7, 11) is 2.00. The molecular weight excluding hydrogens is 230 g/mol. The number of hydrogen-bond acceptors (Lipinski definition) is 3. The maximum absolute atomic E-state index is 9.59. The van der Waals surface area contributed by atoms with Gasteiger partial charge in [-0.15, -0.1) is 0 Å². The summed E-state index contributed by atoms with van der Waals surface area (Å²) in [6.07, 6.45) is 6.27. The Labute approximate surface area is 111 Å². The molecule has 2 atom stereocenters. The van der Waals surface area contributed by atoms with Gasteiger partial charge in [0.2, 0.25) is 0 Å². The fourth-order valence-electron chi connectivity index (χ4n) is 2.83. The largest absolute Gasteiger partial charge is 0.394 e. The minimum Gasteiger partial charge on any atom is -0.394 e. The van der Waals surface area contributed by atoms with E-state index in [1.165, 1.54) is 37.2 Å². The molecule has 0 aromatic heterocycles. The van der Waals surface area contributed by atoms with Crippen LogP contribution in [0.5, 0.6) is 0 Å². The molecule has 1 saturated carbocycles. The second-order valence-electron chi connectivity index (χ2n) is 5.74. The van der Waals surface area contributed by atoms with Gasteiger partial charge in [0, 0.05) is 5.54 Å². The summed E-state index contributed by atoms with van der Waals surface area (Å²) in [4.78, 5) is 0. The van der Waals surface area contributed by atoms with Gasteiger partial charge in [0.25, 0.3) is 0 Å². The van der Waals surface area contributed by atoms with E-state index in [0.29, 0.717) is 12.5 Å². The highest BCUT2D eigenvalue weighted by Crippen LogP contribution is 2.38. The van der Waals surface area contributed by atoms with Gasteiger partial charge in [-0.2, -0.15) is 11.8 Å². The van der Waals surface area contributed by atoms with Crippen LogP contribution in [0.15, 0.2) is 0 Å². The van der Waals surface area contributed by atoms with Gasteiger partial charge in [-0.3, -0.25) is 0 Å². The molecule has 102 valence electrons. The lowest BCUT2D eigenvalue weighted by atomic mass is 9.86. The van der Waals surface area contributed by atoms with E-state index in [-0.39, 0.29) is 5.54 Å². The first-order chi connectivity index (χ1) is 8.14. The number of nitrogens with one attached hydrogen (secondary N) is 1. The van der Waals surface area contributed by atoms with Crippen LogP contribution in [0.4, 0.5) is 0 Å². The van der Waals surface area contributed by atoms with E-state index in [0.717, 1.165) is 12.3 Å². The summed E-state index contributed by atoms with van der Waals surface area (Å²) < 4.78 is 0. The molecule has 0 radical (unpaired) electrons. The maximum atomic E-state index is 9.59. The van der Waals surface area contributed by atoms with Gasteiger partial charge >= 0.3 is 0 Å². The first-order valence-electron chi connectivity index (χ1n) is 7.02. The molecule has 2 nitrogen and oxygen atoms in total. The zero-order valence-corrected chi connectivity index (χ0v) is 12.5. The first-order valence-corrected chi connectivity index (χ1v) is 8.17. The number of rotatable bonds is 8. The predicted octanol–water partition coefficient (Wildman–Crippen LogP) is 2.91. The molecule has 1 aliphatic rings. The minimum absolute atomic E-state index is 0.0264. The topological polar surface area (TPSA) is 32.3 Å². The second-order valence-corrected chi connectivity index (χ2v) is 6.96. The van der Waals surface area contributed by atoms with Crippen LogP contribution in [0.1, 0.15) is 46.0 Å². The van der Waals surface area contributed by atoms with Crippen molar-refractivity contribution >= 4 is 11.8 Å². The van der Waals surface area contributed by atoms with Gasteiger partial charge in [-0.25, -0.2) is 0 Å². The first kappa shape index (κ1) is 15.3. The Kier molecular flexibility index (Phi) is 6.90. The van der Waals surface area contributed by atoms with Crippen molar-refractivity contribution in [2.75, 3.05) is 25.2 Å². The summed E-state index contributed by atoms with van der Waals surface area (Å²) in [5, 5.41) is 13.0. The lowest BCUT2D eigenvalue weighted by molar-refractivity contribution is 0.130. The summed E-state index contributed by atoms with van der Waals surface area (Å²) in [5.41, 5.74) is 0.0264. The van der Waals surface area contributed by atoms with Gasteiger partial charge in [-0.1, -0.05) is 20.3 Å². The molecule has 2 unspecified atom stereocenters. The Hall–Kier alpha value is 0.270. The van der Waals surface area contributed by atoms with Gasteiger partial charge in [0.15, 0.2) is 0 Å². The van der Waals surface area contributed by atoms with Crippen molar-refractivity contribution in [3.05, 3.63) is 0 Å². The molecule has 0 amide bonds. The zero-order valence-electron chi connectivity index (χ0n) is 11.7. The fourth-order valence-corrected chi connectivity index (χ4v) is 4.12. The van der Waals surface area contributed by atoms with E-state index in [2.05, 4.69) is 30.9 Å². The maximum Gasteiger partial charge on any atom is 0.0615 e. The van der Waals surface area contributed by atoms with Gasteiger partial charge in [0.1, 0.15) is 0 Å². The summed E-state index contributed by atoms with van der Waals surface area (Å²) >= 11 is 2.08. The van der Waals surface area contributed by atoms with Gasteiger partial charge in [-0.05, 0) is 56.1 Å². The Balaban J connectivity index is 2.22. The third-order valence-electron chi connectivity index (χ3n) is 4.19. The quantitative estimate of drug-likeness (QED) is 0.657. The number of hydrogen-bond donors (Lipinski definition) is 2. The summed E-state index contributed by atoms with van der Waals surface area (Å²) in [6.45, 7) is 4.87. The highest BCUT2D eigenvalue weighted by Gasteiger charge is 2.40. The molecule has 0 aliphatic heterocycles. The molecule has 2 N–H and O–H groups in total. The molecule has 0 aromatic carbocycles. The van der Waals surface area contributed by atoms with Crippen molar-refractivity contribution in [2.45, 2.75) is 51.5 Å². The van der Waals surface area contributed by atoms with E-state index >= 15 is 0 Å². The van der Waals surface area contributed by atoms with Crippen LogP contribution in [0.25, 0.3) is 0 Å². The number of aliphatic hydroxyl groups is 1. The number of likely N-dealkylation sites (N-methyl/N-ethyl adjacent to an activating group) is 1. The monoisotopic (exact) mass is 259 g/mol. The summed E-state index contributed by atoms with van der Waals surface area (Å²) in [5.74, 6) is 4.03. The van der Waals surface area contributed by atoms with E-state index in [1.54, 1.807) is 0 Å². The molecule has 1 rings (SSSR count). The van der Waals surface area contributed by atoms with Crippen molar-refractivity contribution in [1.29, 1.82) is 0 Å². The molecular formula is C14H29NOS. The molecule has 0 bridgehead atoms. The molecule has 0 heterocycles. The third kappa shape index (κ3) is 4.46. The molecule has 17 heavy (non-hydrogen) atoms. The van der Waals surface area contributed by atoms with Crippen LogP contribution in [0.3, 0.4) is 0 Å². The van der Waals surface area contributed by atoms with Crippen molar-refractivity contribution in [2.24, 2.45) is 11.8 Å². The molecule has 0 spiro atoms. The third-order valence-corrected chi connectivity index (χ3v) is 5.24. The Bertz CT molecular complexity index is 204. The number of thioether (sulfide) groups is 1. The lowest BCUT2D eigenvalue weighted by Gasteiger charge is -2.33. The molecule has 1 aliphatic carbocycles. The van der Waals surface area contributed by atoms with Crippen molar-refractivity contribution in [1.82, 2.24) is 5.32 Å². The lowest BCUT2D eigenvalue weighted by Crippen LogP contribution is -2.49. The summed E-state index contributed by atoms with van der Waals surface area (Å²) in [6, 6.07) is 0. The van der Waals surface area contributed by atoms with Crippen molar-refractivity contribution in [3.63, 3.8) is 0 Å². The highest BCUT2D eigenvalue weighted by molar-refractivity contribution is 7.99. The zero-order chi connectivity index (χ0) is 12.7. The van der Waals surface area contributed by atoms with Crippen LogP contribution in [0, 0.1) is 11.8 Å². The average molecular weight is 259 g/mol. The van der Waals surface area contributed by atoms with Crippen molar-refractivity contribution < 1.29 is 5.11 Å². The van der Waals surface area contributed by atoms with Crippen LogP contribution in [-0.4, -0.2) is 35.8 Å². The SMILES string of the molecule is CNC1(CO)CCCC1CCSCCC(C)C. The van der Waals surface area contributed by atoms with E-state index < -0.39 is 0 Å². The Morgan fingerprint density at radius 2 is 2.18 bits per heavy atom. The average Bonchev–Trinajstić information content (AvgIpc) is 2.72. The van der Waals surface area contributed by atoms with E-state index in [4.69, 9.17) is 0 Å². The van der Waals surface area contributed by atoms with Crippen LogP contribution in [-0.2, 0) is 0 Å². The predicted molar refractivity (Wildman–Crippen MR) is 77.6 cm³/mol. The Morgan fingerprint density at radius 3 is 2.76 bits per heavy atom. The van der Waals surface area contributed by atoms with Crippen molar-refractivity contribution in [3.8, 4) is 0 Å². The Morgan fingerprint density at radius 1 is 1.41 bits per heavy atom. The highest BCUT2D eigenvalue weighted by atomic mass is 32.2. The molecule has 0 saturated heterocycles. The number of aliphatic hydroxyl groups excluding tert-OH is 1. The minimum atomic E-state index is 0.0264. The fraction of sp³-hybridized carbons (Fsp3) is 1.00. The molecule has 0 aromatic rings. The normalized spacial score (nSPS) is 29.1. The van der Waals surface area contributed by atoms with E-state index in [1.807, 2.05) is 7.05 Å². The van der Waals surface area contributed by atoms with Gasteiger partial charge in [0.05, 0.1) is 6.61 Å². The molecule has 3 heteroatoms. The van der Waals surface area contributed by atoms with E-state index in [9.17, 15) is 5.11 Å². The van der Waals surface area contributed by atoms with Crippen LogP contribution >= 0.6 is 11.8 Å².